The minimum atomic E-state index is -0.322. The van der Waals surface area contributed by atoms with Gasteiger partial charge in [0.15, 0.2) is 0 Å². The number of hydrogen-bond donors (Lipinski definition) is 1. The number of nitrogens with one attached hydrogen (secondary N) is 1. The lowest BCUT2D eigenvalue weighted by Crippen LogP contribution is -2.07. The van der Waals surface area contributed by atoms with E-state index in [2.05, 4.69) is 5.32 Å². The fraction of sp³-hybridized carbons (Fsp3) is 0.250. The quantitative estimate of drug-likeness (QED) is 0.650. The minimum absolute atomic E-state index is 0.100. The summed E-state index contributed by atoms with van der Waals surface area (Å²) < 4.78 is 0. The number of benzene rings is 2. The molecule has 2 aromatic carbocycles. The van der Waals surface area contributed by atoms with Crippen LogP contribution in [0.15, 0.2) is 48.5 Å². The molecule has 0 aromatic heterocycles. The second-order valence-electron chi connectivity index (χ2n) is 4.73. The first kappa shape index (κ1) is 14.1. The number of nitro benzene ring substituents is 1. The Morgan fingerprint density at radius 2 is 1.90 bits per heavy atom. The molecule has 0 saturated carbocycles. The van der Waals surface area contributed by atoms with Gasteiger partial charge in [0.1, 0.15) is 0 Å². The van der Waals surface area contributed by atoms with Crippen LogP contribution >= 0.6 is 0 Å². The molecule has 0 amide bonds. The molecule has 20 heavy (non-hydrogen) atoms. The third kappa shape index (κ3) is 3.15. The molecule has 0 fully saturated rings. The highest BCUT2D eigenvalue weighted by Crippen LogP contribution is 2.26. The molecular weight excluding hydrogens is 252 g/mol. The molecule has 4 heteroatoms. The minimum Gasteiger partial charge on any atom is -0.378 e. The maximum absolute atomic E-state index is 11.1. The lowest BCUT2D eigenvalue weighted by atomic mass is 10.1. The third-order valence-corrected chi connectivity index (χ3v) is 3.35. The normalized spacial score (nSPS) is 11.9. The molecule has 4 nitrogen and oxygen atoms in total. The van der Waals surface area contributed by atoms with E-state index < -0.39 is 0 Å². The van der Waals surface area contributed by atoms with E-state index in [0.29, 0.717) is 6.42 Å². The van der Waals surface area contributed by atoms with E-state index in [1.165, 1.54) is 0 Å². The maximum Gasteiger partial charge on any atom is 0.274 e. The second kappa shape index (κ2) is 6.19. The van der Waals surface area contributed by atoms with Crippen molar-refractivity contribution in [2.45, 2.75) is 26.3 Å². The highest BCUT2D eigenvalue weighted by molar-refractivity contribution is 5.56. The molecule has 1 N–H and O–H groups in total. The van der Waals surface area contributed by atoms with Crippen LogP contribution in [0.2, 0.25) is 0 Å². The van der Waals surface area contributed by atoms with Gasteiger partial charge in [-0.1, -0.05) is 43.3 Å². The van der Waals surface area contributed by atoms with Crippen LogP contribution in [0.5, 0.6) is 0 Å². The Hall–Kier alpha value is -2.36. The second-order valence-corrected chi connectivity index (χ2v) is 4.73. The van der Waals surface area contributed by atoms with E-state index >= 15 is 0 Å². The Labute approximate surface area is 118 Å². The topological polar surface area (TPSA) is 55.2 Å². The maximum atomic E-state index is 11.1. The van der Waals surface area contributed by atoms with Gasteiger partial charge in [-0.2, -0.15) is 0 Å². The van der Waals surface area contributed by atoms with Crippen LogP contribution in [0.25, 0.3) is 0 Å². The summed E-state index contributed by atoms with van der Waals surface area (Å²) in [7, 11) is 0. The summed E-state index contributed by atoms with van der Waals surface area (Å²) in [4.78, 5) is 10.7. The number of hydrogen-bond acceptors (Lipinski definition) is 3. The van der Waals surface area contributed by atoms with Gasteiger partial charge in [-0.25, -0.2) is 0 Å². The van der Waals surface area contributed by atoms with Gasteiger partial charge in [0.25, 0.3) is 5.69 Å². The van der Waals surface area contributed by atoms with Crippen molar-refractivity contribution in [3.05, 3.63) is 69.8 Å². The van der Waals surface area contributed by atoms with Gasteiger partial charge < -0.3 is 5.32 Å². The lowest BCUT2D eigenvalue weighted by Gasteiger charge is -2.16. The first-order chi connectivity index (χ1) is 9.61. The number of anilines is 1. The van der Waals surface area contributed by atoms with Crippen LogP contribution in [0.1, 0.15) is 31.0 Å². The Morgan fingerprint density at radius 1 is 1.20 bits per heavy atom. The molecule has 104 valence electrons. The van der Waals surface area contributed by atoms with E-state index in [-0.39, 0.29) is 16.7 Å². The molecule has 0 aliphatic heterocycles. The van der Waals surface area contributed by atoms with Crippen molar-refractivity contribution in [2.75, 3.05) is 5.32 Å². The van der Waals surface area contributed by atoms with Gasteiger partial charge in [-0.3, -0.25) is 10.1 Å². The number of rotatable bonds is 5. The smallest absolute Gasteiger partial charge is 0.274 e. The largest absolute Gasteiger partial charge is 0.378 e. The van der Waals surface area contributed by atoms with Crippen molar-refractivity contribution in [1.29, 1.82) is 0 Å². The van der Waals surface area contributed by atoms with Gasteiger partial charge >= 0.3 is 0 Å². The van der Waals surface area contributed by atoms with Crippen molar-refractivity contribution in [2.24, 2.45) is 0 Å². The molecular formula is C16H18N2O2. The van der Waals surface area contributed by atoms with Crippen molar-refractivity contribution in [3.63, 3.8) is 0 Å². The molecule has 0 bridgehead atoms. The van der Waals surface area contributed by atoms with Crippen LogP contribution < -0.4 is 5.32 Å². The first-order valence-corrected chi connectivity index (χ1v) is 6.70. The SMILES string of the molecule is CCc1ccc(NC(C)c2ccccc2)cc1[N+](=O)[O-]. The predicted octanol–water partition coefficient (Wildman–Crippen LogP) is 4.33. The van der Waals surface area contributed by atoms with E-state index in [1.54, 1.807) is 6.07 Å². The molecule has 0 aliphatic carbocycles. The summed E-state index contributed by atoms with van der Waals surface area (Å²) in [6.45, 7) is 3.96. The molecule has 1 unspecified atom stereocenters. The van der Waals surface area contributed by atoms with Gasteiger partial charge in [0, 0.05) is 23.4 Å². The highest BCUT2D eigenvalue weighted by Gasteiger charge is 2.14. The summed E-state index contributed by atoms with van der Waals surface area (Å²) in [6.07, 6.45) is 0.658. The zero-order valence-electron chi connectivity index (χ0n) is 11.7. The summed E-state index contributed by atoms with van der Waals surface area (Å²) in [5.74, 6) is 0. The summed E-state index contributed by atoms with van der Waals surface area (Å²) in [6, 6.07) is 15.4. The van der Waals surface area contributed by atoms with Crippen molar-refractivity contribution >= 4 is 11.4 Å². The molecule has 2 aromatic rings. The zero-order valence-corrected chi connectivity index (χ0v) is 11.7. The number of aryl methyl sites for hydroxylation is 1. The molecule has 1 atom stereocenters. The Bertz CT molecular complexity index is 597. The highest BCUT2D eigenvalue weighted by atomic mass is 16.6. The van der Waals surface area contributed by atoms with Gasteiger partial charge in [0.2, 0.25) is 0 Å². The molecule has 0 radical (unpaired) electrons. The molecule has 0 aliphatic rings. The van der Waals surface area contributed by atoms with E-state index in [1.807, 2.05) is 56.3 Å². The Kier molecular flexibility index (Phi) is 4.35. The molecule has 0 spiro atoms. The van der Waals surface area contributed by atoms with Crippen LogP contribution in [0, 0.1) is 10.1 Å². The average molecular weight is 270 g/mol. The van der Waals surface area contributed by atoms with Crippen molar-refractivity contribution in [3.8, 4) is 0 Å². The van der Waals surface area contributed by atoms with Crippen LogP contribution in [0.4, 0.5) is 11.4 Å². The standard InChI is InChI=1S/C16H18N2O2/c1-3-13-9-10-15(11-16(13)18(19)20)17-12(2)14-7-5-4-6-8-14/h4-12,17H,3H2,1-2H3. The number of nitrogens with zero attached hydrogens (tertiary/aromatic N) is 1. The van der Waals surface area contributed by atoms with Crippen molar-refractivity contribution in [1.82, 2.24) is 0 Å². The van der Waals surface area contributed by atoms with Gasteiger partial charge in [0.05, 0.1) is 4.92 Å². The fourth-order valence-electron chi connectivity index (χ4n) is 2.20. The lowest BCUT2D eigenvalue weighted by molar-refractivity contribution is -0.385. The summed E-state index contributed by atoms with van der Waals surface area (Å²) in [5, 5.41) is 14.4. The van der Waals surface area contributed by atoms with E-state index in [4.69, 9.17) is 0 Å². The summed E-state index contributed by atoms with van der Waals surface area (Å²) in [5.41, 5.74) is 2.85. The van der Waals surface area contributed by atoms with Crippen molar-refractivity contribution < 1.29 is 4.92 Å². The fourth-order valence-corrected chi connectivity index (χ4v) is 2.20. The Balaban J connectivity index is 2.22. The predicted molar refractivity (Wildman–Crippen MR) is 81.0 cm³/mol. The monoisotopic (exact) mass is 270 g/mol. The van der Waals surface area contributed by atoms with E-state index in [9.17, 15) is 10.1 Å². The van der Waals surface area contributed by atoms with Gasteiger partial charge in [-0.05, 0) is 25.0 Å². The zero-order chi connectivity index (χ0) is 14.5. The van der Waals surface area contributed by atoms with E-state index in [0.717, 1.165) is 16.8 Å². The molecule has 0 saturated heterocycles. The molecule has 0 heterocycles. The first-order valence-electron chi connectivity index (χ1n) is 6.70. The Morgan fingerprint density at radius 3 is 2.50 bits per heavy atom. The van der Waals surface area contributed by atoms with Crippen LogP contribution in [-0.4, -0.2) is 4.92 Å². The molecule has 2 rings (SSSR count). The van der Waals surface area contributed by atoms with Gasteiger partial charge in [-0.15, -0.1) is 0 Å². The van der Waals surface area contributed by atoms with Crippen LogP contribution in [0.3, 0.4) is 0 Å². The summed E-state index contributed by atoms with van der Waals surface area (Å²) >= 11 is 0. The average Bonchev–Trinajstić information content (AvgIpc) is 2.48. The third-order valence-electron chi connectivity index (χ3n) is 3.35. The number of nitro groups is 1. The van der Waals surface area contributed by atoms with Crippen LogP contribution in [-0.2, 0) is 6.42 Å².